The standard InChI is InChI=1S/C20H16N2O2S2/c1-15-9-11-17(12-10-15)26(23,24)22-14-19(18-8-5-13-21-20(18)22)25-16-6-3-2-4-7-16/h2-14H,1H3. The molecule has 0 bridgehead atoms. The van der Waals surface area contributed by atoms with Crippen LogP contribution in [-0.2, 0) is 10.0 Å². The van der Waals surface area contributed by atoms with Crippen LogP contribution in [0.2, 0.25) is 0 Å². The van der Waals surface area contributed by atoms with Crippen molar-refractivity contribution in [3.63, 3.8) is 0 Å². The van der Waals surface area contributed by atoms with Crippen molar-refractivity contribution < 1.29 is 8.42 Å². The number of nitrogens with zero attached hydrogens (tertiary/aromatic N) is 2. The molecular weight excluding hydrogens is 364 g/mol. The van der Waals surface area contributed by atoms with Gasteiger partial charge in [-0.25, -0.2) is 17.4 Å². The zero-order valence-electron chi connectivity index (χ0n) is 14.0. The Morgan fingerprint density at radius 1 is 0.923 bits per heavy atom. The molecule has 0 aliphatic carbocycles. The fraction of sp³-hybridized carbons (Fsp3) is 0.0500. The highest BCUT2D eigenvalue weighted by Crippen LogP contribution is 2.35. The van der Waals surface area contributed by atoms with Crippen LogP contribution in [0.3, 0.4) is 0 Å². The van der Waals surface area contributed by atoms with Crippen LogP contribution >= 0.6 is 11.8 Å². The van der Waals surface area contributed by atoms with Gasteiger partial charge in [-0.15, -0.1) is 0 Å². The number of aryl methyl sites for hydroxylation is 1. The normalized spacial score (nSPS) is 11.7. The molecule has 2 heterocycles. The van der Waals surface area contributed by atoms with Crippen LogP contribution in [0.1, 0.15) is 5.56 Å². The van der Waals surface area contributed by atoms with Gasteiger partial charge in [-0.2, -0.15) is 0 Å². The number of hydrogen-bond donors (Lipinski definition) is 0. The van der Waals surface area contributed by atoms with Crippen molar-refractivity contribution in [2.45, 2.75) is 21.6 Å². The van der Waals surface area contributed by atoms with E-state index in [9.17, 15) is 8.42 Å². The lowest BCUT2D eigenvalue weighted by atomic mass is 10.2. The van der Waals surface area contributed by atoms with E-state index < -0.39 is 10.0 Å². The topological polar surface area (TPSA) is 52.0 Å². The quantitative estimate of drug-likeness (QED) is 0.513. The smallest absolute Gasteiger partial charge is 0.237 e. The van der Waals surface area contributed by atoms with Crippen LogP contribution in [0.15, 0.2) is 93.8 Å². The first kappa shape index (κ1) is 16.9. The van der Waals surface area contributed by atoms with Gasteiger partial charge in [-0.05, 0) is 43.3 Å². The van der Waals surface area contributed by atoms with E-state index in [4.69, 9.17) is 0 Å². The second kappa shape index (κ2) is 6.63. The minimum atomic E-state index is -3.71. The van der Waals surface area contributed by atoms with Crippen LogP contribution in [0.4, 0.5) is 0 Å². The van der Waals surface area contributed by atoms with Gasteiger partial charge in [0.1, 0.15) is 0 Å². The first-order chi connectivity index (χ1) is 12.6. The van der Waals surface area contributed by atoms with E-state index in [0.29, 0.717) is 5.65 Å². The largest absolute Gasteiger partial charge is 0.269 e. The predicted octanol–water partition coefficient (Wildman–Crippen LogP) is 4.73. The summed E-state index contributed by atoms with van der Waals surface area (Å²) in [5.41, 5.74) is 1.45. The minimum Gasteiger partial charge on any atom is -0.237 e. The summed E-state index contributed by atoms with van der Waals surface area (Å²) in [6, 6.07) is 20.4. The van der Waals surface area contributed by atoms with Crippen molar-refractivity contribution in [1.29, 1.82) is 0 Å². The maximum absolute atomic E-state index is 13.1. The van der Waals surface area contributed by atoms with Gasteiger partial charge in [0.15, 0.2) is 5.65 Å². The highest BCUT2D eigenvalue weighted by atomic mass is 32.2. The molecule has 0 saturated carbocycles. The zero-order valence-corrected chi connectivity index (χ0v) is 15.7. The van der Waals surface area contributed by atoms with Crippen molar-refractivity contribution in [2.24, 2.45) is 0 Å². The van der Waals surface area contributed by atoms with Gasteiger partial charge in [0, 0.05) is 27.6 Å². The minimum absolute atomic E-state index is 0.252. The highest BCUT2D eigenvalue weighted by molar-refractivity contribution is 7.99. The van der Waals surface area contributed by atoms with Crippen LogP contribution < -0.4 is 0 Å². The maximum atomic E-state index is 13.1. The van der Waals surface area contributed by atoms with E-state index in [-0.39, 0.29) is 4.90 Å². The fourth-order valence-electron chi connectivity index (χ4n) is 2.71. The predicted molar refractivity (Wildman–Crippen MR) is 104 cm³/mol. The summed E-state index contributed by atoms with van der Waals surface area (Å²) in [5.74, 6) is 0. The maximum Gasteiger partial charge on any atom is 0.269 e. The molecule has 6 heteroatoms. The average molecular weight is 380 g/mol. The van der Waals surface area contributed by atoms with Crippen molar-refractivity contribution in [3.8, 4) is 0 Å². The molecule has 130 valence electrons. The van der Waals surface area contributed by atoms with E-state index in [2.05, 4.69) is 4.98 Å². The summed E-state index contributed by atoms with van der Waals surface area (Å²) in [7, 11) is -3.71. The van der Waals surface area contributed by atoms with Gasteiger partial charge < -0.3 is 0 Å². The molecule has 4 nitrogen and oxygen atoms in total. The lowest BCUT2D eigenvalue weighted by molar-refractivity contribution is 0.588. The second-order valence-corrected chi connectivity index (χ2v) is 8.83. The molecular formula is C20H16N2O2S2. The molecule has 0 aliphatic rings. The summed E-state index contributed by atoms with van der Waals surface area (Å²) in [5, 5.41) is 0.817. The third kappa shape index (κ3) is 3.02. The monoisotopic (exact) mass is 380 g/mol. The lowest BCUT2D eigenvalue weighted by Crippen LogP contribution is -2.12. The number of pyridine rings is 1. The summed E-state index contributed by atoms with van der Waals surface area (Å²) in [6.45, 7) is 1.93. The number of rotatable bonds is 4. The van der Waals surface area contributed by atoms with Crippen molar-refractivity contribution in [2.75, 3.05) is 0 Å². The molecule has 0 fully saturated rings. The molecule has 0 atom stereocenters. The molecule has 0 saturated heterocycles. The SMILES string of the molecule is Cc1ccc(S(=O)(=O)n2cc(Sc3ccccc3)c3cccnc32)cc1. The Morgan fingerprint density at radius 3 is 2.38 bits per heavy atom. The molecule has 26 heavy (non-hydrogen) atoms. The Morgan fingerprint density at radius 2 is 1.65 bits per heavy atom. The molecule has 0 amide bonds. The van der Waals surface area contributed by atoms with Gasteiger partial charge >= 0.3 is 0 Å². The van der Waals surface area contributed by atoms with Crippen LogP contribution in [-0.4, -0.2) is 17.4 Å². The molecule has 0 N–H and O–H groups in total. The number of hydrogen-bond acceptors (Lipinski definition) is 4. The summed E-state index contributed by atoms with van der Waals surface area (Å²) in [6.07, 6.45) is 3.27. The van der Waals surface area contributed by atoms with Crippen molar-refractivity contribution >= 4 is 32.8 Å². The third-order valence-electron chi connectivity index (χ3n) is 4.04. The summed E-state index contributed by atoms with van der Waals surface area (Å²) in [4.78, 5) is 6.48. The summed E-state index contributed by atoms with van der Waals surface area (Å²) >= 11 is 1.53. The first-order valence-corrected chi connectivity index (χ1v) is 10.3. The average Bonchev–Trinajstić information content (AvgIpc) is 3.02. The summed E-state index contributed by atoms with van der Waals surface area (Å²) < 4.78 is 27.6. The Kier molecular flexibility index (Phi) is 4.30. The number of fused-ring (bicyclic) bond motifs is 1. The Bertz CT molecular complexity index is 1170. The van der Waals surface area contributed by atoms with Crippen LogP contribution in [0, 0.1) is 6.92 Å². The molecule has 4 rings (SSSR count). The molecule has 2 aromatic carbocycles. The molecule has 2 aromatic heterocycles. The van der Waals surface area contributed by atoms with Gasteiger partial charge in [-0.1, -0.05) is 47.7 Å². The first-order valence-electron chi connectivity index (χ1n) is 8.07. The van der Waals surface area contributed by atoms with Gasteiger partial charge in [0.25, 0.3) is 10.0 Å². The van der Waals surface area contributed by atoms with E-state index >= 15 is 0 Å². The molecule has 0 spiro atoms. The molecule has 0 aliphatic heterocycles. The lowest BCUT2D eigenvalue weighted by Gasteiger charge is -2.07. The highest BCUT2D eigenvalue weighted by Gasteiger charge is 2.22. The van der Waals surface area contributed by atoms with Crippen LogP contribution in [0.25, 0.3) is 11.0 Å². The fourth-order valence-corrected chi connectivity index (χ4v) is 5.07. The van der Waals surface area contributed by atoms with Crippen molar-refractivity contribution in [3.05, 3.63) is 84.7 Å². The Hall–Kier alpha value is -2.57. The molecule has 0 radical (unpaired) electrons. The van der Waals surface area contributed by atoms with E-state index in [1.165, 1.54) is 15.7 Å². The molecule has 0 unspecified atom stereocenters. The van der Waals surface area contributed by atoms with Gasteiger partial charge in [-0.3, -0.25) is 0 Å². The van der Waals surface area contributed by atoms with E-state index in [1.807, 2.05) is 49.4 Å². The van der Waals surface area contributed by atoms with Gasteiger partial charge in [0.2, 0.25) is 0 Å². The van der Waals surface area contributed by atoms with E-state index in [0.717, 1.165) is 20.7 Å². The van der Waals surface area contributed by atoms with Gasteiger partial charge in [0.05, 0.1) is 4.90 Å². The Balaban J connectivity index is 1.87. The third-order valence-corrected chi connectivity index (χ3v) is 6.76. The number of benzene rings is 2. The number of aromatic nitrogens is 2. The van der Waals surface area contributed by atoms with Crippen LogP contribution in [0.5, 0.6) is 0 Å². The molecule has 4 aromatic rings. The zero-order chi connectivity index (χ0) is 18.1. The van der Waals surface area contributed by atoms with Crippen molar-refractivity contribution in [1.82, 2.24) is 8.96 Å². The Labute approximate surface area is 156 Å². The van der Waals surface area contributed by atoms with E-state index in [1.54, 1.807) is 36.7 Å². The second-order valence-electron chi connectivity index (χ2n) is 5.90.